The maximum atomic E-state index is 11.9. The summed E-state index contributed by atoms with van der Waals surface area (Å²) in [5.74, 6) is 0.165. The van der Waals surface area contributed by atoms with Gasteiger partial charge in [0.2, 0.25) is 5.91 Å². The normalized spacial score (nSPS) is 16.1. The molecule has 1 aliphatic heterocycles. The van der Waals surface area contributed by atoms with Crippen LogP contribution < -0.4 is 5.73 Å². The number of carbonyl (C=O) groups is 1. The van der Waals surface area contributed by atoms with Gasteiger partial charge in [-0.15, -0.1) is 0 Å². The van der Waals surface area contributed by atoms with Crippen LogP contribution in [0.25, 0.3) is 0 Å². The number of nitrogens with two attached hydrogens (primary N) is 1. The molecule has 1 aliphatic rings. The average molecular weight is 257 g/mol. The summed E-state index contributed by atoms with van der Waals surface area (Å²) in [4.78, 5) is 13.9. The summed E-state index contributed by atoms with van der Waals surface area (Å²) in [7, 11) is 0. The third-order valence-electron chi connectivity index (χ3n) is 3.48. The molecule has 100 valence electrons. The molecule has 1 aromatic carbocycles. The standard InChI is InChI=1S/C15H19N3O/c16-11-13-5-3-12(4-6-13)9-14(17)10-15(19)18-7-1-2-8-18/h3-6,14H,1-2,7-10,17H2. The Morgan fingerprint density at radius 2 is 1.95 bits per heavy atom. The number of amides is 1. The highest BCUT2D eigenvalue weighted by Crippen LogP contribution is 2.12. The molecule has 2 rings (SSSR count). The van der Waals surface area contributed by atoms with Gasteiger partial charge in [-0.25, -0.2) is 0 Å². The molecule has 1 fully saturated rings. The van der Waals surface area contributed by atoms with E-state index in [-0.39, 0.29) is 11.9 Å². The van der Waals surface area contributed by atoms with E-state index in [4.69, 9.17) is 11.0 Å². The van der Waals surface area contributed by atoms with Crippen molar-refractivity contribution < 1.29 is 4.79 Å². The lowest BCUT2D eigenvalue weighted by Crippen LogP contribution is -2.35. The minimum absolute atomic E-state index is 0.152. The van der Waals surface area contributed by atoms with E-state index in [9.17, 15) is 4.79 Å². The Morgan fingerprint density at radius 1 is 1.32 bits per heavy atom. The predicted molar refractivity (Wildman–Crippen MR) is 73.3 cm³/mol. The molecule has 19 heavy (non-hydrogen) atoms. The molecule has 0 spiro atoms. The van der Waals surface area contributed by atoms with Crippen LogP contribution in [0.4, 0.5) is 0 Å². The molecule has 0 radical (unpaired) electrons. The number of hydrogen-bond acceptors (Lipinski definition) is 3. The van der Waals surface area contributed by atoms with Crippen molar-refractivity contribution in [1.29, 1.82) is 5.26 Å². The topological polar surface area (TPSA) is 70.1 Å². The van der Waals surface area contributed by atoms with Gasteiger partial charge in [0.15, 0.2) is 0 Å². The van der Waals surface area contributed by atoms with Crippen LogP contribution in [-0.2, 0) is 11.2 Å². The minimum Gasteiger partial charge on any atom is -0.343 e. The Balaban J connectivity index is 1.84. The summed E-state index contributed by atoms with van der Waals surface area (Å²) in [6.45, 7) is 1.75. The number of nitriles is 1. The van der Waals surface area contributed by atoms with Gasteiger partial charge in [-0.3, -0.25) is 4.79 Å². The predicted octanol–water partition coefficient (Wildman–Crippen LogP) is 1.44. The van der Waals surface area contributed by atoms with Crippen molar-refractivity contribution in [2.45, 2.75) is 31.7 Å². The molecule has 1 heterocycles. The number of likely N-dealkylation sites (tertiary alicyclic amines) is 1. The maximum Gasteiger partial charge on any atom is 0.224 e. The Labute approximate surface area is 113 Å². The lowest BCUT2D eigenvalue weighted by atomic mass is 10.0. The lowest BCUT2D eigenvalue weighted by molar-refractivity contribution is -0.130. The first-order chi connectivity index (χ1) is 9.19. The maximum absolute atomic E-state index is 11.9. The molecular formula is C15H19N3O. The largest absolute Gasteiger partial charge is 0.343 e. The van der Waals surface area contributed by atoms with Crippen LogP contribution in [0.5, 0.6) is 0 Å². The molecule has 2 N–H and O–H groups in total. The minimum atomic E-state index is -0.152. The summed E-state index contributed by atoms with van der Waals surface area (Å²) >= 11 is 0. The highest BCUT2D eigenvalue weighted by Gasteiger charge is 2.20. The van der Waals surface area contributed by atoms with E-state index in [1.54, 1.807) is 12.1 Å². The van der Waals surface area contributed by atoms with Crippen LogP contribution in [0.15, 0.2) is 24.3 Å². The zero-order chi connectivity index (χ0) is 13.7. The third-order valence-corrected chi connectivity index (χ3v) is 3.48. The van der Waals surface area contributed by atoms with Crippen molar-refractivity contribution in [3.05, 3.63) is 35.4 Å². The fourth-order valence-electron chi connectivity index (χ4n) is 2.41. The van der Waals surface area contributed by atoms with E-state index < -0.39 is 0 Å². The Bertz CT molecular complexity index is 469. The molecule has 1 aromatic rings. The van der Waals surface area contributed by atoms with Crippen LogP contribution >= 0.6 is 0 Å². The molecule has 0 aromatic heterocycles. The van der Waals surface area contributed by atoms with Gasteiger partial charge in [0, 0.05) is 25.6 Å². The van der Waals surface area contributed by atoms with Gasteiger partial charge in [0.25, 0.3) is 0 Å². The van der Waals surface area contributed by atoms with Gasteiger partial charge < -0.3 is 10.6 Å². The summed E-state index contributed by atoms with van der Waals surface area (Å²) in [6.07, 6.45) is 3.29. The van der Waals surface area contributed by atoms with Crippen molar-refractivity contribution in [1.82, 2.24) is 4.90 Å². The third kappa shape index (κ3) is 3.80. The summed E-state index contributed by atoms with van der Waals surface area (Å²) in [5, 5.41) is 8.73. The van der Waals surface area contributed by atoms with Crippen molar-refractivity contribution in [3.63, 3.8) is 0 Å². The van der Waals surface area contributed by atoms with E-state index in [1.165, 1.54) is 0 Å². The van der Waals surface area contributed by atoms with Gasteiger partial charge in [-0.2, -0.15) is 5.26 Å². The van der Waals surface area contributed by atoms with Gasteiger partial charge in [0.05, 0.1) is 11.6 Å². The summed E-state index contributed by atoms with van der Waals surface area (Å²) in [5.41, 5.74) is 7.75. The van der Waals surface area contributed by atoms with Gasteiger partial charge in [-0.1, -0.05) is 12.1 Å². The number of nitrogens with zero attached hydrogens (tertiary/aromatic N) is 2. The van der Waals surface area contributed by atoms with Gasteiger partial charge in [-0.05, 0) is 37.0 Å². The number of hydrogen-bond donors (Lipinski definition) is 1. The molecule has 1 atom stereocenters. The van der Waals surface area contributed by atoms with Crippen LogP contribution in [0.3, 0.4) is 0 Å². The fraction of sp³-hybridized carbons (Fsp3) is 0.467. The Kier molecular flexibility index (Phi) is 4.53. The van der Waals surface area contributed by atoms with E-state index in [2.05, 4.69) is 6.07 Å². The van der Waals surface area contributed by atoms with Crippen molar-refractivity contribution in [2.75, 3.05) is 13.1 Å². The van der Waals surface area contributed by atoms with Gasteiger partial charge in [0.1, 0.15) is 0 Å². The quantitative estimate of drug-likeness (QED) is 0.887. The summed E-state index contributed by atoms with van der Waals surface area (Å²) in [6, 6.07) is 9.30. The SMILES string of the molecule is N#Cc1ccc(CC(N)CC(=O)N2CCCC2)cc1. The molecule has 0 bridgehead atoms. The van der Waals surface area contributed by atoms with Crippen molar-refractivity contribution in [3.8, 4) is 6.07 Å². The monoisotopic (exact) mass is 257 g/mol. The molecule has 1 amide bonds. The zero-order valence-electron chi connectivity index (χ0n) is 11.0. The second kappa shape index (κ2) is 6.35. The molecule has 1 saturated heterocycles. The molecule has 4 nitrogen and oxygen atoms in total. The average Bonchev–Trinajstić information content (AvgIpc) is 2.93. The second-order valence-corrected chi connectivity index (χ2v) is 5.06. The lowest BCUT2D eigenvalue weighted by Gasteiger charge is -2.18. The first-order valence-corrected chi connectivity index (χ1v) is 6.71. The van der Waals surface area contributed by atoms with Crippen molar-refractivity contribution >= 4 is 5.91 Å². The number of carbonyl (C=O) groups excluding carboxylic acids is 1. The fourth-order valence-corrected chi connectivity index (χ4v) is 2.41. The summed E-state index contributed by atoms with van der Waals surface area (Å²) < 4.78 is 0. The van der Waals surface area contributed by atoms with E-state index in [0.29, 0.717) is 18.4 Å². The van der Waals surface area contributed by atoms with Crippen LogP contribution in [0, 0.1) is 11.3 Å². The molecular weight excluding hydrogens is 238 g/mol. The highest BCUT2D eigenvalue weighted by molar-refractivity contribution is 5.77. The molecule has 0 aliphatic carbocycles. The second-order valence-electron chi connectivity index (χ2n) is 5.06. The van der Waals surface area contributed by atoms with Crippen LogP contribution in [-0.4, -0.2) is 29.9 Å². The number of benzene rings is 1. The molecule has 1 unspecified atom stereocenters. The molecule has 0 saturated carbocycles. The van der Waals surface area contributed by atoms with Crippen LogP contribution in [0.1, 0.15) is 30.4 Å². The van der Waals surface area contributed by atoms with E-state index in [1.807, 2.05) is 17.0 Å². The first-order valence-electron chi connectivity index (χ1n) is 6.71. The Morgan fingerprint density at radius 3 is 2.53 bits per heavy atom. The molecule has 4 heteroatoms. The first kappa shape index (κ1) is 13.6. The highest BCUT2D eigenvalue weighted by atomic mass is 16.2. The van der Waals surface area contributed by atoms with E-state index >= 15 is 0 Å². The zero-order valence-corrected chi connectivity index (χ0v) is 11.0. The Hall–Kier alpha value is -1.86. The van der Waals surface area contributed by atoms with E-state index in [0.717, 1.165) is 31.5 Å². The van der Waals surface area contributed by atoms with Crippen molar-refractivity contribution in [2.24, 2.45) is 5.73 Å². The smallest absolute Gasteiger partial charge is 0.224 e. The van der Waals surface area contributed by atoms with Crippen LogP contribution in [0.2, 0.25) is 0 Å². The number of rotatable bonds is 4. The van der Waals surface area contributed by atoms with Gasteiger partial charge >= 0.3 is 0 Å².